The highest BCUT2D eigenvalue weighted by molar-refractivity contribution is 5.68. The quantitative estimate of drug-likeness (QED) is 0.597. The predicted octanol–water partition coefficient (Wildman–Crippen LogP) is 2.00. The third-order valence-electron chi connectivity index (χ3n) is 1.68. The van der Waals surface area contributed by atoms with E-state index < -0.39 is 0 Å². The maximum atomic E-state index is 10.2. The topological polar surface area (TPSA) is 17.1 Å². The second-order valence-corrected chi connectivity index (χ2v) is 2.36. The Labute approximate surface area is 67.1 Å². The van der Waals surface area contributed by atoms with E-state index in [0.29, 0.717) is 0 Å². The molecule has 0 heterocycles. The average molecular weight is 147 g/mol. The van der Waals surface area contributed by atoms with E-state index >= 15 is 0 Å². The van der Waals surface area contributed by atoms with Gasteiger partial charge in [0, 0.05) is 0 Å². The lowest BCUT2D eigenvalue weighted by Crippen LogP contribution is -1.90. The molecule has 0 aliphatic rings. The van der Waals surface area contributed by atoms with E-state index in [9.17, 15) is 4.79 Å². The Kier molecular flexibility index (Phi) is 2.84. The molecule has 1 rings (SSSR count). The SMILES string of the molecule is CCc1ccccc1[CH]C=O. The summed E-state index contributed by atoms with van der Waals surface area (Å²) in [5.74, 6) is 0. The lowest BCUT2D eigenvalue weighted by Gasteiger charge is -2.01. The Morgan fingerprint density at radius 1 is 1.36 bits per heavy atom. The van der Waals surface area contributed by atoms with E-state index in [1.807, 2.05) is 24.3 Å². The maximum Gasteiger partial charge on any atom is 0.128 e. The zero-order valence-electron chi connectivity index (χ0n) is 6.58. The zero-order chi connectivity index (χ0) is 8.10. The van der Waals surface area contributed by atoms with Crippen molar-refractivity contribution < 1.29 is 4.79 Å². The molecule has 0 aromatic heterocycles. The number of aryl methyl sites for hydroxylation is 1. The van der Waals surface area contributed by atoms with Gasteiger partial charge in [-0.3, -0.25) is 0 Å². The largest absolute Gasteiger partial charge is 0.303 e. The monoisotopic (exact) mass is 147 g/mol. The van der Waals surface area contributed by atoms with Crippen LogP contribution in [0.5, 0.6) is 0 Å². The number of carbonyl (C=O) groups excluding carboxylic acids is 1. The van der Waals surface area contributed by atoms with Gasteiger partial charge in [-0.05, 0) is 17.5 Å². The van der Waals surface area contributed by atoms with Crippen LogP contribution in [0.15, 0.2) is 24.3 Å². The lowest BCUT2D eigenvalue weighted by molar-refractivity contribution is -0.104. The minimum Gasteiger partial charge on any atom is -0.303 e. The Hall–Kier alpha value is -1.11. The van der Waals surface area contributed by atoms with E-state index in [0.717, 1.165) is 18.3 Å². The van der Waals surface area contributed by atoms with E-state index in [2.05, 4.69) is 6.92 Å². The minimum absolute atomic E-state index is 0.828. The molecule has 0 fully saturated rings. The Morgan fingerprint density at radius 2 is 2.09 bits per heavy atom. The van der Waals surface area contributed by atoms with Gasteiger partial charge in [0.05, 0.1) is 6.42 Å². The lowest BCUT2D eigenvalue weighted by atomic mass is 10.0. The highest BCUT2D eigenvalue weighted by atomic mass is 16.1. The molecular formula is C10H11O. The van der Waals surface area contributed by atoms with Crippen LogP contribution in [0.4, 0.5) is 0 Å². The van der Waals surface area contributed by atoms with Crippen molar-refractivity contribution >= 4 is 6.29 Å². The van der Waals surface area contributed by atoms with Crippen LogP contribution in [-0.4, -0.2) is 6.29 Å². The van der Waals surface area contributed by atoms with Crippen LogP contribution in [0.1, 0.15) is 18.1 Å². The molecule has 0 aliphatic heterocycles. The first kappa shape index (κ1) is 7.99. The predicted molar refractivity (Wildman–Crippen MR) is 45.3 cm³/mol. The van der Waals surface area contributed by atoms with Gasteiger partial charge in [0.2, 0.25) is 0 Å². The molecule has 0 spiro atoms. The summed E-state index contributed by atoms with van der Waals surface area (Å²) in [4.78, 5) is 10.2. The molecule has 1 aromatic carbocycles. The number of hydrogen-bond acceptors (Lipinski definition) is 1. The Morgan fingerprint density at radius 3 is 2.73 bits per heavy atom. The highest BCUT2D eigenvalue weighted by Gasteiger charge is 1.96. The first-order valence-corrected chi connectivity index (χ1v) is 3.75. The fraction of sp³-hybridized carbons (Fsp3) is 0.200. The van der Waals surface area contributed by atoms with Crippen LogP contribution in [0.3, 0.4) is 0 Å². The van der Waals surface area contributed by atoms with Crippen molar-refractivity contribution in [2.24, 2.45) is 0 Å². The van der Waals surface area contributed by atoms with Crippen molar-refractivity contribution in [3.8, 4) is 0 Å². The standard InChI is InChI=1S/C10H11O/c1-2-9-5-3-4-6-10(9)7-8-11/h3-8H,2H2,1H3. The number of rotatable bonds is 3. The summed E-state index contributed by atoms with van der Waals surface area (Å²) in [6, 6.07) is 7.91. The Bertz CT molecular complexity index is 240. The summed E-state index contributed by atoms with van der Waals surface area (Å²) < 4.78 is 0. The molecule has 1 nitrogen and oxygen atoms in total. The molecule has 0 amide bonds. The molecule has 0 N–H and O–H groups in total. The van der Waals surface area contributed by atoms with Crippen LogP contribution in [-0.2, 0) is 11.2 Å². The smallest absolute Gasteiger partial charge is 0.128 e. The molecule has 57 valence electrons. The van der Waals surface area contributed by atoms with E-state index in [4.69, 9.17) is 0 Å². The molecule has 0 unspecified atom stereocenters. The van der Waals surface area contributed by atoms with E-state index in [-0.39, 0.29) is 0 Å². The first-order chi connectivity index (χ1) is 5.38. The highest BCUT2D eigenvalue weighted by Crippen LogP contribution is 2.09. The van der Waals surface area contributed by atoms with Gasteiger partial charge in [-0.1, -0.05) is 31.2 Å². The molecule has 0 bridgehead atoms. The molecule has 0 saturated carbocycles. The number of hydrogen-bond donors (Lipinski definition) is 0. The summed E-state index contributed by atoms with van der Waals surface area (Å²) in [6.45, 7) is 2.08. The van der Waals surface area contributed by atoms with Crippen molar-refractivity contribution in [2.75, 3.05) is 0 Å². The van der Waals surface area contributed by atoms with Crippen molar-refractivity contribution in [3.05, 3.63) is 41.8 Å². The molecule has 0 atom stereocenters. The van der Waals surface area contributed by atoms with Gasteiger partial charge in [-0.15, -0.1) is 0 Å². The summed E-state index contributed by atoms with van der Waals surface area (Å²) in [5.41, 5.74) is 2.25. The molecule has 1 aromatic rings. The third-order valence-corrected chi connectivity index (χ3v) is 1.68. The van der Waals surface area contributed by atoms with Crippen LogP contribution >= 0.6 is 0 Å². The van der Waals surface area contributed by atoms with E-state index in [1.54, 1.807) is 6.42 Å². The fourth-order valence-corrected chi connectivity index (χ4v) is 1.09. The molecular weight excluding hydrogens is 136 g/mol. The summed E-state index contributed by atoms with van der Waals surface area (Å²) in [7, 11) is 0. The summed E-state index contributed by atoms with van der Waals surface area (Å²) >= 11 is 0. The van der Waals surface area contributed by atoms with Gasteiger partial charge in [0.25, 0.3) is 0 Å². The molecule has 11 heavy (non-hydrogen) atoms. The average Bonchev–Trinajstić information content (AvgIpc) is 2.06. The molecule has 1 heteroatoms. The normalized spacial score (nSPS) is 9.55. The second-order valence-electron chi connectivity index (χ2n) is 2.36. The van der Waals surface area contributed by atoms with Crippen LogP contribution in [0.25, 0.3) is 0 Å². The van der Waals surface area contributed by atoms with Crippen molar-refractivity contribution in [1.29, 1.82) is 0 Å². The van der Waals surface area contributed by atoms with Crippen molar-refractivity contribution in [3.63, 3.8) is 0 Å². The van der Waals surface area contributed by atoms with Gasteiger partial charge in [-0.2, -0.15) is 0 Å². The van der Waals surface area contributed by atoms with Crippen molar-refractivity contribution in [1.82, 2.24) is 0 Å². The molecule has 1 radical (unpaired) electrons. The maximum absolute atomic E-state index is 10.2. The number of aldehydes is 1. The van der Waals surface area contributed by atoms with Gasteiger partial charge in [0.1, 0.15) is 6.29 Å². The summed E-state index contributed by atoms with van der Waals surface area (Å²) in [6.07, 6.45) is 3.40. The minimum atomic E-state index is 0.828. The summed E-state index contributed by atoms with van der Waals surface area (Å²) in [5, 5.41) is 0. The van der Waals surface area contributed by atoms with E-state index in [1.165, 1.54) is 5.56 Å². The first-order valence-electron chi connectivity index (χ1n) is 3.75. The van der Waals surface area contributed by atoms with Crippen molar-refractivity contribution in [2.45, 2.75) is 13.3 Å². The molecule has 0 aliphatic carbocycles. The van der Waals surface area contributed by atoms with Gasteiger partial charge < -0.3 is 4.79 Å². The fourth-order valence-electron chi connectivity index (χ4n) is 1.09. The second kappa shape index (κ2) is 3.91. The van der Waals surface area contributed by atoms with Crippen LogP contribution in [0.2, 0.25) is 0 Å². The Balaban J connectivity index is 2.92. The van der Waals surface area contributed by atoms with Crippen LogP contribution in [0, 0.1) is 6.42 Å². The number of benzene rings is 1. The van der Waals surface area contributed by atoms with Gasteiger partial charge in [-0.25, -0.2) is 0 Å². The molecule has 0 saturated heterocycles. The third kappa shape index (κ3) is 1.90. The van der Waals surface area contributed by atoms with Crippen LogP contribution < -0.4 is 0 Å². The zero-order valence-corrected chi connectivity index (χ0v) is 6.58. The number of carbonyl (C=O) groups is 1. The van der Waals surface area contributed by atoms with Gasteiger partial charge >= 0.3 is 0 Å². The van der Waals surface area contributed by atoms with Gasteiger partial charge in [0.15, 0.2) is 0 Å².